The number of hydrogen-bond donors (Lipinski definition) is 1. The molecule has 1 heterocycles. The van der Waals surface area contributed by atoms with E-state index in [1.807, 2.05) is 6.92 Å². The number of aromatic nitrogens is 2. The number of aryl methyl sites for hydroxylation is 1. The van der Waals surface area contributed by atoms with Gasteiger partial charge < -0.3 is 10.1 Å². The molecule has 17 heavy (non-hydrogen) atoms. The zero-order valence-electron chi connectivity index (χ0n) is 10.2. The van der Waals surface area contributed by atoms with Gasteiger partial charge in [0, 0.05) is 26.0 Å². The third-order valence-electron chi connectivity index (χ3n) is 2.18. The molecule has 0 fully saturated rings. The van der Waals surface area contributed by atoms with E-state index < -0.39 is 0 Å². The van der Waals surface area contributed by atoms with Crippen LogP contribution in [-0.4, -0.2) is 35.4 Å². The van der Waals surface area contributed by atoms with E-state index in [0.29, 0.717) is 24.8 Å². The first kappa shape index (κ1) is 14.0. The maximum absolute atomic E-state index is 11.5. The zero-order valence-corrected chi connectivity index (χ0v) is 11.0. The molecular weight excluding hydrogens is 242 g/mol. The van der Waals surface area contributed by atoms with E-state index in [1.165, 1.54) is 4.68 Å². The number of hydrogen-bond acceptors (Lipinski definition) is 3. The topological polar surface area (TPSA) is 56.1 Å². The van der Waals surface area contributed by atoms with Crippen LogP contribution in [0.25, 0.3) is 0 Å². The minimum atomic E-state index is -0.0688. The van der Waals surface area contributed by atoms with Gasteiger partial charge in [-0.1, -0.05) is 11.6 Å². The lowest BCUT2D eigenvalue weighted by atomic mass is 10.4. The van der Waals surface area contributed by atoms with Crippen molar-refractivity contribution in [2.45, 2.75) is 26.8 Å². The summed E-state index contributed by atoms with van der Waals surface area (Å²) in [6.07, 6.45) is 2.47. The predicted molar refractivity (Wildman–Crippen MR) is 66.1 cm³/mol. The van der Waals surface area contributed by atoms with Crippen LogP contribution in [-0.2, 0) is 16.1 Å². The quantitative estimate of drug-likeness (QED) is 0.753. The smallest absolute Gasteiger partial charge is 0.241 e. The predicted octanol–water partition coefficient (Wildman–Crippen LogP) is 1.39. The molecule has 1 aromatic heterocycles. The van der Waals surface area contributed by atoms with E-state index in [-0.39, 0.29) is 12.5 Å². The van der Waals surface area contributed by atoms with Crippen molar-refractivity contribution < 1.29 is 9.53 Å². The van der Waals surface area contributed by atoms with Crippen LogP contribution in [0.4, 0.5) is 0 Å². The Morgan fingerprint density at radius 1 is 1.65 bits per heavy atom. The van der Waals surface area contributed by atoms with Crippen LogP contribution in [0.15, 0.2) is 6.20 Å². The van der Waals surface area contributed by atoms with E-state index >= 15 is 0 Å². The van der Waals surface area contributed by atoms with Gasteiger partial charge in [0.25, 0.3) is 0 Å². The zero-order chi connectivity index (χ0) is 12.7. The number of ether oxygens (including phenoxy) is 1. The fraction of sp³-hybridized carbons (Fsp3) is 0.636. The van der Waals surface area contributed by atoms with Gasteiger partial charge in [0.2, 0.25) is 5.91 Å². The molecule has 1 amide bonds. The van der Waals surface area contributed by atoms with Gasteiger partial charge in [-0.05, 0) is 20.3 Å². The summed E-state index contributed by atoms with van der Waals surface area (Å²) in [5, 5.41) is 7.48. The Morgan fingerprint density at radius 2 is 2.41 bits per heavy atom. The van der Waals surface area contributed by atoms with Gasteiger partial charge in [0.05, 0.1) is 10.7 Å². The average molecular weight is 260 g/mol. The minimum absolute atomic E-state index is 0.0688. The van der Waals surface area contributed by atoms with Crippen molar-refractivity contribution in [1.82, 2.24) is 15.1 Å². The monoisotopic (exact) mass is 259 g/mol. The first-order valence-electron chi connectivity index (χ1n) is 5.67. The Morgan fingerprint density at radius 3 is 3.00 bits per heavy atom. The van der Waals surface area contributed by atoms with Gasteiger partial charge in [-0.25, -0.2) is 0 Å². The normalized spacial score (nSPS) is 10.5. The molecule has 1 aromatic rings. The largest absolute Gasteiger partial charge is 0.382 e. The second-order valence-electron chi connectivity index (χ2n) is 3.66. The molecule has 0 saturated heterocycles. The molecule has 0 spiro atoms. The van der Waals surface area contributed by atoms with Gasteiger partial charge in [0.1, 0.15) is 6.54 Å². The van der Waals surface area contributed by atoms with Crippen molar-refractivity contribution in [3.8, 4) is 0 Å². The van der Waals surface area contributed by atoms with E-state index in [2.05, 4.69) is 10.4 Å². The number of rotatable bonds is 7. The van der Waals surface area contributed by atoms with Gasteiger partial charge in [-0.3, -0.25) is 9.48 Å². The van der Waals surface area contributed by atoms with Crippen LogP contribution in [0, 0.1) is 6.92 Å². The van der Waals surface area contributed by atoms with Crippen LogP contribution < -0.4 is 5.32 Å². The number of nitrogens with one attached hydrogen (secondary N) is 1. The molecule has 0 aliphatic carbocycles. The number of carbonyl (C=O) groups is 1. The summed E-state index contributed by atoms with van der Waals surface area (Å²) in [5.74, 6) is -0.0688. The Hall–Kier alpha value is -1.07. The maximum Gasteiger partial charge on any atom is 0.241 e. The molecule has 0 aliphatic heterocycles. The van der Waals surface area contributed by atoms with Crippen molar-refractivity contribution in [2.24, 2.45) is 0 Å². The summed E-state index contributed by atoms with van der Waals surface area (Å²) >= 11 is 5.84. The summed E-state index contributed by atoms with van der Waals surface area (Å²) in [6, 6.07) is 0. The van der Waals surface area contributed by atoms with Gasteiger partial charge >= 0.3 is 0 Å². The SMILES string of the molecule is CCOCCCNC(=O)Cn1cc(Cl)c(C)n1. The molecular formula is C11H18ClN3O2. The van der Waals surface area contributed by atoms with Crippen molar-refractivity contribution >= 4 is 17.5 Å². The van der Waals surface area contributed by atoms with E-state index in [9.17, 15) is 4.79 Å². The highest BCUT2D eigenvalue weighted by atomic mass is 35.5. The van der Waals surface area contributed by atoms with Crippen molar-refractivity contribution in [3.05, 3.63) is 16.9 Å². The Bertz CT molecular complexity index is 346. The van der Waals surface area contributed by atoms with Crippen molar-refractivity contribution in [2.75, 3.05) is 19.8 Å². The molecule has 0 radical (unpaired) electrons. The fourth-order valence-electron chi connectivity index (χ4n) is 1.32. The van der Waals surface area contributed by atoms with Crippen LogP contribution in [0.3, 0.4) is 0 Å². The molecule has 5 nitrogen and oxygen atoms in total. The van der Waals surface area contributed by atoms with E-state index in [4.69, 9.17) is 16.3 Å². The van der Waals surface area contributed by atoms with Crippen LogP contribution in [0.2, 0.25) is 5.02 Å². The van der Waals surface area contributed by atoms with Crippen molar-refractivity contribution in [1.29, 1.82) is 0 Å². The van der Waals surface area contributed by atoms with Crippen molar-refractivity contribution in [3.63, 3.8) is 0 Å². The molecule has 0 aliphatic rings. The molecule has 0 bridgehead atoms. The Labute approximate surface area is 106 Å². The molecule has 0 atom stereocenters. The molecule has 1 rings (SSSR count). The Balaban J connectivity index is 2.21. The van der Waals surface area contributed by atoms with E-state index in [0.717, 1.165) is 12.1 Å². The number of halogens is 1. The molecule has 0 saturated carbocycles. The standard InChI is InChI=1S/C11H18ClN3O2/c1-3-17-6-4-5-13-11(16)8-15-7-10(12)9(2)14-15/h7H,3-6,8H2,1-2H3,(H,13,16). The highest BCUT2D eigenvalue weighted by molar-refractivity contribution is 6.31. The van der Waals surface area contributed by atoms with Crippen LogP contribution >= 0.6 is 11.6 Å². The molecule has 0 unspecified atom stereocenters. The molecule has 6 heteroatoms. The van der Waals surface area contributed by atoms with Gasteiger partial charge in [0.15, 0.2) is 0 Å². The summed E-state index contributed by atoms with van der Waals surface area (Å²) in [6.45, 7) is 5.94. The summed E-state index contributed by atoms with van der Waals surface area (Å²) in [4.78, 5) is 11.5. The molecule has 1 N–H and O–H groups in total. The second kappa shape index (κ2) is 7.29. The second-order valence-corrected chi connectivity index (χ2v) is 4.07. The van der Waals surface area contributed by atoms with Gasteiger partial charge in [-0.2, -0.15) is 5.10 Å². The average Bonchev–Trinajstić information content (AvgIpc) is 2.57. The van der Waals surface area contributed by atoms with Crippen LogP contribution in [0.1, 0.15) is 19.0 Å². The molecule has 96 valence electrons. The fourth-order valence-corrected chi connectivity index (χ4v) is 1.47. The third kappa shape index (κ3) is 5.19. The first-order chi connectivity index (χ1) is 8.13. The number of amides is 1. The lowest BCUT2D eigenvalue weighted by Crippen LogP contribution is -2.29. The third-order valence-corrected chi connectivity index (χ3v) is 2.55. The Kier molecular flexibility index (Phi) is 6.00. The number of carbonyl (C=O) groups excluding carboxylic acids is 1. The van der Waals surface area contributed by atoms with Crippen LogP contribution in [0.5, 0.6) is 0 Å². The lowest BCUT2D eigenvalue weighted by Gasteiger charge is -2.05. The highest BCUT2D eigenvalue weighted by Crippen LogP contribution is 2.11. The summed E-state index contributed by atoms with van der Waals surface area (Å²) < 4.78 is 6.70. The van der Waals surface area contributed by atoms with E-state index in [1.54, 1.807) is 13.1 Å². The lowest BCUT2D eigenvalue weighted by molar-refractivity contribution is -0.121. The number of nitrogens with zero attached hydrogens (tertiary/aromatic N) is 2. The molecule has 0 aromatic carbocycles. The summed E-state index contributed by atoms with van der Waals surface area (Å²) in [5.41, 5.74) is 0.732. The summed E-state index contributed by atoms with van der Waals surface area (Å²) in [7, 11) is 0. The first-order valence-corrected chi connectivity index (χ1v) is 6.05. The van der Waals surface area contributed by atoms with Gasteiger partial charge in [-0.15, -0.1) is 0 Å². The maximum atomic E-state index is 11.5. The minimum Gasteiger partial charge on any atom is -0.382 e. The highest BCUT2D eigenvalue weighted by Gasteiger charge is 2.06.